The van der Waals surface area contributed by atoms with Crippen LogP contribution in [0, 0.1) is 0 Å². The molecule has 190 valence electrons. The molecular weight excluding hydrogens is 486 g/mol. The van der Waals surface area contributed by atoms with Crippen molar-refractivity contribution in [3.63, 3.8) is 0 Å². The second-order valence-electron chi connectivity index (χ2n) is 8.55. The molecule has 0 saturated carbocycles. The third-order valence-electron chi connectivity index (χ3n) is 5.77. The number of hydrogen-bond acceptors (Lipinski definition) is 6. The van der Waals surface area contributed by atoms with E-state index in [0.717, 1.165) is 43.1 Å². The van der Waals surface area contributed by atoms with Gasteiger partial charge in [-0.1, -0.05) is 42.4 Å². The van der Waals surface area contributed by atoms with E-state index < -0.39 is 0 Å². The fraction of sp³-hybridized carbons (Fsp3) is 0.172. The number of aliphatic imine (C=N–C) groups is 1. The van der Waals surface area contributed by atoms with E-state index >= 15 is 0 Å². The van der Waals surface area contributed by atoms with Gasteiger partial charge in [-0.25, -0.2) is 4.99 Å². The average molecular weight is 516 g/mol. The van der Waals surface area contributed by atoms with Gasteiger partial charge in [-0.15, -0.1) is 0 Å². The van der Waals surface area contributed by atoms with Crippen LogP contribution in [-0.2, 0) is 16.0 Å². The molecule has 1 amide bonds. The number of halogens is 1. The second-order valence-corrected chi connectivity index (χ2v) is 8.99. The molecule has 8 heteroatoms. The molecule has 0 atom stereocenters. The first-order chi connectivity index (χ1) is 18.0. The van der Waals surface area contributed by atoms with Gasteiger partial charge in [-0.2, -0.15) is 0 Å². The number of carbonyl (C=O) groups excluding carboxylic acids is 1. The van der Waals surface area contributed by atoms with E-state index in [-0.39, 0.29) is 12.3 Å². The molecule has 0 bridgehead atoms. The minimum atomic E-state index is -0.118. The summed E-state index contributed by atoms with van der Waals surface area (Å²) in [6.07, 6.45) is 3.56. The van der Waals surface area contributed by atoms with Crippen LogP contribution in [0.15, 0.2) is 96.3 Å². The predicted molar refractivity (Wildman–Crippen MR) is 153 cm³/mol. The summed E-state index contributed by atoms with van der Waals surface area (Å²) in [5, 5.41) is 6.67. The predicted octanol–water partition coefficient (Wildman–Crippen LogP) is 5.31. The third kappa shape index (κ3) is 7.96. The molecule has 0 aliphatic carbocycles. The summed E-state index contributed by atoms with van der Waals surface area (Å²) >= 11 is 5.98. The fourth-order valence-electron chi connectivity index (χ4n) is 3.86. The number of rotatable bonds is 9. The molecule has 4 N–H and O–H groups in total. The maximum atomic E-state index is 12.3. The summed E-state index contributed by atoms with van der Waals surface area (Å²) in [5.41, 5.74) is 11.2. The van der Waals surface area contributed by atoms with Crippen LogP contribution in [0.2, 0.25) is 5.02 Å². The second kappa shape index (κ2) is 12.8. The molecule has 1 aliphatic rings. The zero-order valence-electron chi connectivity index (χ0n) is 20.5. The van der Waals surface area contributed by atoms with Crippen LogP contribution in [0.3, 0.4) is 0 Å². The quantitative estimate of drug-likeness (QED) is 0.336. The topological polar surface area (TPSA) is 92.0 Å². The van der Waals surface area contributed by atoms with Crippen LogP contribution in [0.4, 0.5) is 17.1 Å². The number of morpholine rings is 1. The molecule has 1 aliphatic heterocycles. The van der Waals surface area contributed by atoms with E-state index in [0.29, 0.717) is 22.2 Å². The molecule has 0 unspecified atom stereocenters. The zero-order chi connectivity index (χ0) is 26.0. The van der Waals surface area contributed by atoms with Crippen molar-refractivity contribution >= 4 is 46.5 Å². The Balaban J connectivity index is 1.26. The number of ether oxygens (including phenoxy) is 1. The summed E-state index contributed by atoms with van der Waals surface area (Å²) in [6.45, 7) is 7.27. The van der Waals surface area contributed by atoms with Crippen molar-refractivity contribution in [3.8, 4) is 0 Å². The molecule has 3 aromatic carbocycles. The Morgan fingerprint density at radius 2 is 1.70 bits per heavy atom. The van der Waals surface area contributed by atoms with Crippen molar-refractivity contribution in [2.75, 3.05) is 41.8 Å². The smallest absolute Gasteiger partial charge is 0.228 e. The Hall–Kier alpha value is -4.07. The van der Waals surface area contributed by atoms with Gasteiger partial charge in [0.25, 0.3) is 0 Å². The first kappa shape index (κ1) is 26.0. The Bertz CT molecular complexity index is 1280. The SMILES string of the molecule is C=C(N=C/C=C(\N)c1ccc(NC(=O)Cc2cccc(Cl)c2)cc1)Nc1ccc(N2CCOCC2)cc1. The summed E-state index contributed by atoms with van der Waals surface area (Å²) in [6, 6.07) is 22.7. The Morgan fingerprint density at radius 1 is 1.03 bits per heavy atom. The van der Waals surface area contributed by atoms with Crippen LogP contribution in [0.5, 0.6) is 0 Å². The number of benzene rings is 3. The fourth-order valence-corrected chi connectivity index (χ4v) is 4.08. The van der Waals surface area contributed by atoms with Gasteiger partial charge in [0.1, 0.15) is 5.82 Å². The minimum absolute atomic E-state index is 0.118. The third-order valence-corrected chi connectivity index (χ3v) is 6.01. The summed E-state index contributed by atoms with van der Waals surface area (Å²) in [7, 11) is 0. The number of allylic oxidation sites excluding steroid dienone is 1. The first-order valence-electron chi connectivity index (χ1n) is 12.0. The number of amides is 1. The van der Waals surface area contributed by atoms with Gasteiger partial charge in [0.2, 0.25) is 5.91 Å². The molecule has 3 aromatic rings. The van der Waals surface area contributed by atoms with Crippen molar-refractivity contribution in [3.05, 3.63) is 107 Å². The highest BCUT2D eigenvalue weighted by Gasteiger charge is 2.10. The zero-order valence-corrected chi connectivity index (χ0v) is 21.2. The van der Waals surface area contributed by atoms with Crippen molar-refractivity contribution in [2.45, 2.75) is 6.42 Å². The van der Waals surface area contributed by atoms with E-state index in [4.69, 9.17) is 22.1 Å². The molecule has 1 heterocycles. The number of nitrogens with one attached hydrogen (secondary N) is 2. The van der Waals surface area contributed by atoms with Crippen molar-refractivity contribution in [1.82, 2.24) is 0 Å². The van der Waals surface area contributed by atoms with Gasteiger partial charge in [-0.3, -0.25) is 4.79 Å². The molecule has 37 heavy (non-hydrogen) atoms. The van der Waals surface area contributed by atoms with Gasteiger partial charge in [0, 0.05) is 47.1 Å². The Morgan fingerprint density at radius 3 is 2.41 bits per heavy atom. The molecule has 0 spiro atoms. The van der Waals surface area contributed by atoms with Crippen LogP contribution in [0.1, 0.15) is 11.1 Å². The summed E-state index contributed by atoms with van der Waals surface area (Å²) < 4.78 is 5.41. The molecule has 0 radical (unpaired) electrons. The van der Waals surface area contributed by atoms with Crippen LogP contribution in [0.25, 0.3) is 5.70 Å². The molecule has 7 nitrogen and oxygen atoms in total. The van der Waals surface area contributed by atoms with Crippen LogP contribution in [-0.4, -0.2) is 38.4 Å². The normalized spacial score (nSPS) is 14.0. The standard InChI is InChI=1S/C29H30ClN5O2/c1-21(33-25-9-11-27(12-10-25)35-15-17-37-18-16-35)32-14-13-28(31)23-5-7-26(8-6-23)34-29(36)20-22-3-2-4-24(30)19-22/h2-14,19,33H,1,15-18,20,31H2,(H,34,36)/b28-13-,32-14?. The maximum absolute atomic E-state index is 12.3. The van der Waals surface area contributed by atoms with Gasteiger partial charge in [-0.05, 0) is 65.7 Å². The van der Waals surface area contributed by atoms with E-state index in [1.807, 2.05) is 48.5 Å². The molecule has 4 rings (SSSR count). The van der Waals surface area contributed by atoms with Gasteiger partial charge < -0.3 is 26.0 Å². The Kier molecular flexibility index (Phi) is 8.97. The van der Waals surface area contributed by atoms with Gasteiger partial charge >= 0.3 is 0 Å². The molecule has 1 saturated heterocycles. The summed E-state index contributed by atoms with van der Waals surface area (Å²) in [4.78, 5) is 18.9. The van der Waals surface area contributed by atoms with E-state index in [1.165, 1.54) is 5.69 Å². The van der Waals surface area contributed by atoms with Crippen molar-refractivity contribution in [2.24, 2.45) is 10.7 Å². The van der Waals surface area contributed by atoms with Crippen molar-refractivity contribution < 1.29 is 9.53 Å². The number of nitrogens with zero attached hydrogens (tertiary/aromatic N) is 2. The Labute approximate surface area is 222 Å². The average Bonchev–Trinajstić information content (AvgIpc) is 2.90. The lowest BCUT2D eigenvalue weighted by atomic mass is 10.1. The molecule has 0 aromatic heterocycles. The highest BCUT2D eigenvalue weighted by atomic mass is 35.5. The van der Waals surface area contributed by atoms with E-state index in [2.05, 4.69) is 39.2 Å². The van der Waals surface area contributed by atoms with Gasteiger partial charge in [0.05, 0.1) is 19.6 Å². The number of hydrogen-bond donors (Lipinski definition) is 3. The maximum Gasteiger partial charge on any atom is 0.228 e. The number of nitrogens with two attached hydrogens (primary N) is 1. The highest BCUT2D eigenvalue weighted by molar-refractivity contribution is 6.30. The highest BCUT2D eigenvalue weighted by Crippen LogP contribution is 2.20. The van der Waals surface area contributed by atoms with E-state index in [1.54, 1.807) is 24.4 Å². The number of anilines is 3. The van der Waals surface area contributed by atoms with Crippen molar-refractivity contribution in [1.29, 1.82) is 0 Å². The minimum Gasteiger partial charge on any atom is -0.398 e. The number of carbonyl (C=O) groups is 1. The van der Waals surface area contributed by atoms with E-state index in [9.17, 15) is 4.79 Å². The molecular formula is C29H30ClN5O2. The van der Waals surface area contributed by atoms with Gasteiger partial charge in [0.15, 0.2) is 0 Å². The van der Waals surface area contributed by atoms with Crippen LogP contribution < -0.4 is 21.3 Å². The lowest BCUT2D eigenvalue weighted by Gasteiger charge is -2.28. The lowest BCUT2D eigenvalue weighted by Crippen LogP contribution is -2.36. The monoisotopic (exact) mass is 515 g/mol. The summed E-state index contributed by atoms with van der Waals surface area (Å²) in [5.74, 6) is 0.383. The first-order valence-corrected chi connectivity index (χ1v) is 12.4. The lowest BCUT2D eigenvalue weighted by molar-refractivity contribution is -0.115. The largest absolute Gasteiger partial charge is 0.398 e. The molecule has 1 fully saturated rings. The van der Waals surface area contributed by atoms with Crippen LogP contribution >= 0.6 is 11.6 Å².